The second-order valence-corrected chi connectivity index (χ2v) is 12.5. The van der Waals surface area contributed by atoms with Crippen molar-refractivity contribution in [2.24, 2.45) is 34.8 Å². The number of nitrogens with zero attached hydrogens (tertiary/aromatic N) is 1. The highest BCUT2D eigenvalue weighted by Crippen LogP contribution is 2.53. The van der Waals surface area contributed by atoms with E-state index in [0.717, 1.165) is 62.6 Å². The third-order valence-corrected chi connectivity index (χ3v) is 9.76. The van der Waals surface area contributed by atoms with Crippen LogP contribution in [0.25, 0.3) is 0 Å². The lowest BCUT2D eigenvalue weighted by Gasteiger charge is -2.52. The van der Waals surface area contributed by atoms with Crippen LogP contribution in [-0.2, 0) is 15.0 Å². The van der Waals surface area contributed by atoms with Crippen molar-refractivity contribution < 1.29 is 14.0 Å². The fourth-order valence-electron chi connectivity index (χ4n) is 8.10. The van der Waals surface area contributed by atoms with Crippen LogP contribution in [0.2, 0.25) is 0 Å². The van der Waals surface area contributed by atoms with E-state index in [1.807, 2.05) is 12.1 Å². The first-order chi connectivity index (χ1) is 18.2. The van der Waals surface area contributed by atoms with Crippen molar-refractivity contribution >= 4 is 17.5 Å². The molecule has 0 spiro atoms. The molecule has 5 rings (SSSR count). The third kappa shape index (κ3) is 5.22. The smallest absolute Gasteiger partial charge is 0.230 e. The number of halogens is 1. The number of amides is 2. The highest BCUT2D eigenvalue weighted by molar-refractivity contribution is 5.95. The first-order valence-corrected chi connectivity index (χ1v) is 14.2. The first-order valence-electron chi connectivity index (χ1n) is 14.2. The average Bonchev–Trinajstić information content (AvgIpc) is 3.39. The van der Waals surface area contributed by atoms with Gasteiger partial charge in [0.25, 0.3) is 0 Å². The van der Waals surface area contributed by atoms with Gasteiger partial charge in [-0.05, 0) is 92.0 Å². The summed E-state index contributed by atoms with van der Waals surface area (Å²) in [5, 5.41) is 6.30. The number of fused-ring (bicyclic) bond motifs is 2. The summed E-state index contributed by atoms with van der Waals surface area (Å²) < 4.78 is 13.6. The highest BCUT2D eigenvalue weighted by Gasteiger charge is 2.50. The molecular formula is C31H41FN4O2. The molecule has 3 aliphatic carbocycles. The summed E-state index contributed by atoms with van der Waals surface area (Å²) >= 11 is 0. The van der Waals surface area contributed by atoms with Crippen molar-refractivity contribution in [2.45, 2.75) is 76.7 Å². The maximum absolute atomic E-state index is 13.6. The summed E-state index contributed by atoms with van der Waals surface area (Å²) in [5.74, 6) is 1.31. The Morgan fingerprint density at radius 1 is 1.05 bits per heavy atom. The minimum atomic E-state index is -0.606. The molecule has 0 radical (unpaired) electrons. The number of hydrogen-bond donors (Lipinski definition) is 3. The molecule has 4 N–H and O–H groups in total. The Kier molecular flexibility index (Phi) is 7.58. The van der Waals surface area contributed by atoms with Crippen LogP contribution in [0.15, 0.2) is 48.8 Å². The largest absolute Gasteiger partial charge is 0.354 e. The molecule has 7 heteroatoms. The second kappa shape index (κ2) is 10.8. The highest BCUT2D eigenvalue weighted by atomic mass is 19.1. The molecule has 2 amide bonds. The minimum Gasteiger partial charge on any atom is -0.354 e. The van der Waals surface area contributed by atoms with Crippen molar-refractivity contribution in [2.75, 3.05) is 11.9 Å². The van der Waals surface area contributed by atoms with Gasteiger partial charge in [-0.1, -0.05) is 38.8 Å². The number of carbonyl (C=O) groups excluding carboxylic acids is 2. The van der Waals surface area contributed by atoms with E-state index in [0.29, 0.717) is 24.3 Å². The zero-order valence-electron chi connectivity index (χ0n) is 22.6. The van der Waals surface area contributed by atoms with Crippen molar-refractivity contribution in [1.29, 1.82) is 0 Å². The van der Waals surface area contributed by atoms with E-state index in [9.17, 15) is 14.0 Å². The van der Waals surface area contributed by atoms with Gasteiger partial charge in [0, 0.05) is 36.1 Å². The number of pyridine rings is 1. The monoisotopic (exact) mass is 520 g/mol. The predicted octanol–water partition coefficient (Wildman–Crippen LogP) is 5.19. The van der Waals surface area contributed by atoms with Crippen LogP contribution in [0, 0.1) is 34.9 Å². The van der Waals surface area contributed by atoms with Gasteiger partial charge in [0.1, 0.15) is 5.82 Å². The van der Waals surface area contributed by atoms with Gasteiger partial charge in [-0.2, -0.15) is 0 Å². The molecule has 3 fully saturated rings. The molecule has 6 unspecified atom stereocenters. The fourth-order valence-corrected chi connectivity index (χ4v) is 8.10. The zero-order chi connectivity index (χ0) is 26.9. The van der Waals surface area contributed by atoms with Crippen LogP contribution in [0.5, 0.6) is 0 Å². The summed E-state index contributed by atoms with van der Waals surface area (Å²) in [4.78, 5) is 31.0. The number of nitrogens with one attached hydrogen (secondary N) is 2. The van der Waals surface area contributed by atoms with E-state index in [4.69, 9.17) is 5.73 Å². The molecule has 2 aromatic rings. The van der Waals surface area contributed by atoms with E-state index in [-0.39, 0.29) is 29.6 Å². The number of aromatic nitrogens is 1. The molecule has 204 valence electrons. The van der Waals surface area contributed by atoms with E-state index < -0.39 is 10.8 Å². The summed E-state index contributed by atoms with van der Waals surface area (Å²) in [5.41, 5.74) is 7.44. The van der Waals surface area contributed by atoms with Crippen molar-refractivity contribution in [3.8, 4) is 0 Å². The first kappa shape index (κ1) is 26.8. The number of rotatable bonds is 7. The van der Waals surface area contributed by atoms with Gasteiger partial charge in [0.15, 0.2) is 0 Å². The Hall–Kier alpha value is -2.80. The number of hydrogen-bond acceptors (Lipinski definition) is 4. The summed E-state index contributed by atoms with van der Waals surface area (Å²) in [6, 6.07) is 9.85. The van der Waals surface area contributed by atoms with E-state index in [1.165, 1.54) is 12.1 Å². The zero-order valence-corrected chi connectivity index (χ0v) is 22.6. The van der Waals surface area contributed by atoms with Crippen LogP contribution in [0.3, 0.4) is 0 Å². The Bertz CT molecular complexity index is 1130. The van der Waals surface area contributed by atoms with E-state index in [2.05, 4.69) is 29.5 Å². The Labute approximate surface area is 225 Å². The van der Waals surface area contributed by atoms with Gasteiger partial charge in [-0.3, -0.25) is 14.6 Å². The summed E-state index contributed by atoms with van der Waals surface area (Å²) in [6.07, 6.45) is 10.7. The number of anilines is 1. The molecule has 6 nitrogen and oxygen atoms in total. The van der Waals surface area contributed by atoms with Gasteiger partial charge in [0.05, 0.1) is 5.41 Å². The van der Waals surface area contributed by atoms with Crippen LogP contribution < -0.4 is 16.4 Å². The molecule has 1 aromatic carbocycles. The lowest BCUT2D eigenvalue weighted by Crippen LogP contribution is -2.55. The van der Waals surface area contributed by atoms with Crippen molar-refractivity contribution in [1.82, 2.24) is 10.3 Å². The molecule has 1 aromatic heterocycles. The number of benzene rings is 1. The predicted molar refractivity (Wildman–Crippen MR) is 147 cm³/mol. The van der Waals surface area contributed by atoms with Crippen molar-refractivity contribution in [3.05, 3.63) is 60.2 Å². The van der Waals surface area contributed by atoms with Crippen LogP contribution >= 0.6 is 0 Å². The number of carbonyl (C=O) groups is 2. The molecular weight excluding hydrogens is 479 g/mol. The Morgan fingerprint density at radius 2 is 1.74 bits per heavy atom. The van der Waals surface area contributed by atoms with Crippen molar-refractivity contribution in [3.63, 3.8) is 0 Å². The van der Waals surface area contributed by atoms with Crippen LogP contribution in [-0.4, -0.2) is 29.4 Å². The lowest BCUT2D eigenvalue weighted by atomic mass is 9.54. The maximum Gasteiger partial charge on any atom is 0.230 e. The van der Waals surface area contributed by atoms with E-state index in [1.54, 1.807) is 24.5 Å². The summed E-state index contributed by atoms with van der Waals surface area (Å²) in [6.45, 7) is 4.79. The normalized spacial score (nSPS) is 30.8. The fraction of sp³-hybridized carbons (Fsp3) is 0.581. The second-order valence-electron chi connectivity index (χ2n) is 12.5. The van der Waals surface area contributed by atoms with Gasteiger partial charge >= 0.3 is 0 Å². The lowest BCUT2D eigenvalue weighted by molar-refractivity contribution is -0.131. The van der Waals surface area contributed by atoms with Gasteiger partial charge in [-0.15, -0.1) is 0 Å². The average molecular weight is 521 g/mol. The van der Waals surface area contributed by atoms with E-state index >= 15 is 0 Å². The molecule has 6 atom stereocenters. The molecule has 3 aliphatic rings. The Balaban J connectivity index is 1.26. The van der Waals surface area contributed by atoms with Gasteiger partial charge < -0.3 is 16.4 Å². The van der Waals surface area contributed by atoms with Gasteiger partial charge in [-0.25, -0.2) is 4.39 Å². The molecule has 2 bridgehead atoms. The van der Waals surface area contributed by atoms with Gasteiger partial charge in [0.2, 0.25) is 11.8 Å². The molecule has 3 saturated carbocycles. The van der Waals surface area contributed by atoms with Crippen LogP contribution in [0.1, 0.15) is 70.8 Å². The molecule has 0 aliphatic heterocycles. The third-order valence-electron chi connectivity index (χ3n) is 9.76. The topological polar surface area (TPSA) is 97.1 Å². The Morgan fingerprint density at radius 3 is 2.42 bits per heavy atom. The quantitative estimate of drug-likeness (QED) is 0.468. The summed E-state index contributed by atoms with van der Waals surface area (Å²) in [7, 11) is 0. The van der Waals surface area contributed by atoms with Crippen LogP contribution in [0.4, 0.5) is 10.1 Å². The standard InChI is InChI=1S/C31H41FN4O2/c1-20-15-21-16-22(18-30(2,17-21)28(37)36-25-9-13-34-14-10-25)27(20)26(33)19-35-29(38)31(11-3-4-12-31)23-5-7-24(32)8-6-23/h5-10,13-14,20-22,26-27H,3-4,11-12,15-19,33H2,1-2H3,(H,35,38)(H,34,36,37). The minimum absolute atomic E-state index is 0.00334. The molecule has 38 heavy (non-hydrogen) atoms. The number of nitrogens with two attached hydrogens (primary N) is 1. The molecule has 0 saturated heterocycles. The molecule has 1 heterocycles. The maximum atomic E-state index is 13.6. The SMILES string of the molecule is CC1CC2CC(CC(C)(C(=O)Nc3ccncc3)C2)C1C(N)CNC(=O)C1(c2ccc(F)cc2)CCCC1.